The van der Waals surface area contributed by atoms with E-state index in [-0.39, 0.29) is 16.8 Å². The van der Waals surface area contributed by atoms with Crippen molar-refractivity contribution in [2.24, 2.45) is 0 Å². The number of carbonyl (C=O) groups is 1. The van der Waals surface area contributed by atoms with Crippen LogP contribution in [-0.4, -0.2) is 16.8 Å². The second-order valence-corrected chi connectivity index (χ2v) is 6.20. The van der Waals surface area contributed by atoms with Gasteiger partial charge in [-0.15, -0.1) is 11.3 Å². The average Bonchev–Trinajstić information content (AvgIpc) is 2.51. The largest absolute Gasteiger partial charge is 0.348 e. The normalized spacial score (nSPS) is 14.9. The summed E-state index contributed by atoms with van der Waals surface area (Å²) in [4.78, 5) is 12.5. The molecule has 0 aliphatic heterocycles. The SMILES string of the molecule is CC(Br)C(C)NC(=O)c1ccc(Cl)s1. The Morgan fingerprint density at radius 1 is 1.57 bits per heavy atom. The molecule has 78 valence electrons. The van der Waals surface area contributed by atoms with E-state index in [1.807, 2.05) is 13.8 Å². The van der Waals surface area contributed by atoms with Crippen molar-refractivity contribution >= 4 is 44.8 Å². The van der Waals surface area contributed by atoms with Crippen LogP contribution in [0.1, 0.15) is 23.5 Å². The molecule has 0 spiro atoms. The number of nitrogens with one attached hydrogen (secondary N) is 1. The first-order chi connectivity index (χ1) is 6.50. The number of hydrogen-bond acceptors (Lipinski definition) is 2. The summed E-state index contributed by atoms with van der Waals surface area (Å²) in [5, 5.41) is 2.87. The molecule has 1 aromatic heterocycles. The maximum atomic E-state index is 11.6. The third kappa shape index (κ3) is 3.26. The smallest absolute Gasteiger partial charge is 0.261 e. The molecular weight excluding hydrogens is 286 g/mol. The molecule has 1 heterocycles. The van der Waals surface area contributed by atoms with E-state index in [9.17, 15) is 4.79 Å². The molecule has 0 bridgehead atoms. The molecule has 0 saturated carbocycles. The van der Waals surface area contributed by atoms with Gasteiger partial charge in [-0.1, -0.05) is 34.5 Å². The Balaban J connectivity index is 2.59. The molecule has 0 aliphatic carbocycles. The molecule has 2 nitrogen and oxygen atoms in total. The van der Waals surface area contributed by atoms with Crippen molar-refractivity contribution in [2.75, 3.05) is 0 Å². The van der Waals surface area contributed by atoms with Crippen molar-refractivity contribution in [3.63, 3.8) is 0 Å². The maximum absolute atomic E-state index is 11.6. The van der Waals surface area contributed by atoms with Gasteiger partial charge in [-0.2, -0.15) is 0 Å². The van der Waals surface area contributed by atoms with Gasteiger partial charge < -0.3 is 5.32 Å². The van der Waals surface area contributed by atoms with Gasteiger partial charge in [0, 0.05) is 10.9 Å². The highest BCUT2D eigenvalue weighted by atomic mass is 79.9. The average molecular weight is 297 g/mol. The third-order valence-corrected chi connectivity index (χ3v) is 3.87. The lowest BCUT2D eigenvalue weighted by Crippen LogP contribution is -2.36. The third-order valence-electron chi connectivity index (χ3n) is 1.84. The zero-order valence-corrected chi connectivity index (χ0v) is 11.0. The molecule has 2 atom stereocenters. The summed E-state index contributed by atoms with van der Waals surface area (Å²) >= 11 is 10.4. The van der Waals surface area contributed by atoms with Gasteiger partial charge in [-0.05, 0) is 19.1 Å². The Hall–Kier alpha value is -0.0600. The minimum Gasteiger partial charge on any atom is -0.348 e. The zero-order valence-electron chi connectivity index (χ0n) is 7.88. The predicted octanol–water partition coefficient (Wildman–Crippen LogP) is 3.30. The van der Waals surface area contributed by atoms with E-state index in [4.69, 9.17) is 11.6 Å². The first-order valence-corrected chi connectivity index (χ1v) is 6.32. The van der Waals surface area contributed by atoms with E-state index in [2.05, 4.69) is 21.2 Å². The summed E-state index contributed by atoms with van der Waals surface area (Å²) in [7, 11) is 0. The standard InChI is InChI=1S/C9H11BrClNOS/c1-5(10)6(2)12-9(13)7-3-4-8(11)14-7/h3-6H,1-2H3,(H,12,13). The van der Waals surface area contributed by atoms with Crippen LogP contribution in [0.15, 0.2) is 12.1 Å². The molecule has 5 heteroatoms. The molecule has 0 aromatic carbocycles. The van der Waals surface area contributed by atoms with Gasteiger partial charge >= 0.3 is 0 Å². The van der Waals surface area contributed by atoms with Crippen LogP contribution in [0.5, 0.6) is 0 Å². The quantitative estimate of drug-likeness (QED) is 0.852. The highest BCUT2D eigenvalue weighted by Crippen LogP contribution is 2.21. The molecule has 0 aliphatic rings. The van der Waals surface area contributed by atoms with Crippen LogP contribution in [0.2, 0.25) is 4.34 Å². The molecular formula is C9H11BrClNOS. The Morgan fingerprint density at radius 3 is 2.64 bits per heavy atom. The van der Waals surface area contributed by atoms with Gasteiger partial charge in [-0.25, -0.2) is 0 Å². The monoisotopic (exact) mass is 295 g/mol. The first-order valence-electron chi connectivity index (χ1n) is 4.21. The highest BCUT2D eigenvalue weighted by Gasteiger charge is 2.14. The topological polar surface area (TPSA) is 29.1 Å². The summed E-state index contributed by atoms with van der Waals surface area (Å²) in [5.41, 5.74) is 0. The van der Waals surface area contributed by atoms with Crippen LogP contribution >= 0.6 is 38.9 Å². The van der Waals surface area contributed by atoms with Crippen LogP contribution < -0.4 is 5.32 Å². The molecule has 1 rings (SSSR count). The number of rotatable bonds is 3. The Bertz CT molecular complexity index is 326. The molecule has 0 saturated heterocycles. The summed E-state index contributed by atoms with van der Waals surface area (Å²) in [5.74, 6) is -0.0688. The summed E-state index contributed by atoms with van der Waals surface area (Å²) in [6.07, 6.45) is 0. The minimum atomic E-state index is -0.0688. The van der Waals surface area contributed by atoms with Gasteiger partial charge in [0.25, 0.3) is 5.91 Å². The van der Waals surface area contributed by atoms with Gasteiger partial charge in [0.05, 0.1) is 9.21 Å². The second-order valence-electron chi connectivity index (χ2n) is 3.04. The zero-order chi connectivity index (χ0) is 10.7. The molecule has 1 N–H and O–H groups in total. The van der Waals surface area contributed by atoms with Crippen molar-refractivity contribution in [3.05, 3.63) is 21.3 Å². The van der Waals surface area contributed by atoms with Crippen molar-refractivity contribution < 1.29 is 4.79 Å². The number of amides is 1. The van der Waals surface area contributed by atoms with Crippen molar-refractivity contribution in [3.8, 4) is 0 Å². The Kier molecular flexibility index (Phi) is 4.41. The van der Waals surface area contributed by atoms with E-state index >= 15 is 0 Å². The van der Waals surface area contributed by atoms with Crippen molar-refractivity contribution in [1.29, 1.82) is 0 Å². The molecule has 14 heavy (non-hydrogen) atoms. The van der Waals surface area contributed by atoms with Gasteiger partial charge in [0.1, 0.15) is 0 Å². The van der Waals surface area contributed by atoms with E-state index < -0.39 is 0 Å². The lowest BCUT2D eigenvalue weighted by Gasteiger charge is -2.15. The first kappa shape index (κ1) is 12.0. The summed E-state index contributed by atoms with van der Waals surface area (Å²) in [6, 6.07) is 3.56. The van der Waals surface area contributed by atoms with Crippen LogP contribution in [0.3, 0.4) is 0 Å². The minimum absolute atomic E-state index is 0.0688. The number of thiophene rings is 1. The fourth-order valence-corrected chi connectivity index (χ4v) is 1.91. The number of halogens is 2. The van der Waals surface area contributed by atoms with Gasteiger partial charge in [0.15, 0.2) is 0 Å². The summed E-state index contributed by atoms with van der Waals surface area (Å²) < 4.78 is 0.634. The predicted molar refractivity (Wildman–Crippen MR) is 64.6 cm³/mol. The van der Waals surface area contributed by atoms with Crippen LogP contribution in [-0.2, 0) is 0 Å². The lowest BCUT2D eigenvalue weighted by molar-refractivity contribution is 0.0944. The van der Waals surface area contributed by atoms with E-state index in [0.717, 1.165) is 0 Å². The lowest BCUT2D eigenvalue weighted by atomic mass is 10.2. The van der Waals surface area contributed by atoms with E-state index in [0.29, 0.717) is 9.21 Å². The fraction of sp³-hybridized carbons (Fsp3) is 0.444. The molecule has 1 aromatic rings. The second kappa shape index (κ2) is 5.14. The number of carbonyl (C=O) groups excluding carboxylic acids is 1. The van der Waals surface area contributed by atoms with Gasteiger partial charge in [0.2, 0.25) is 0 Å². The van der Waals surface area contributed by atoms with Gasteiger partial charge in [-0.3, -0.25) is 4.79 Å². The van der Waals surface area contributed by atoms with Crippen molar-refractivity contribution in [1.82, 2.24) is 5.32 Å². The van der Waals surface area contributed by atoms with Crippen molar-refractivity contribution in [2.45, 2.75) is 24.7 Å². The van der Waals surface area contributed by atoms with Crippen LogP contribution in [0, 0.1) is 0 Å². The molecule has 0 radical (unpaired) electrons. The molecule has 0 fully saturated rings. The van der Waals surface area contributed by atoms with E-state index in [1.165, 1.54) is 11.3 Å². The Labute approximate surface area is 101 Å². The maximum Gasteiger partial charge on any atom is 0.261 e. The fourth-order valence-electron chi connectivity index (χ4n) is 0.829. The van der Waals surface area contributed by atoms with Crippen LogP contribution in [0.25, 0.3) is 0 Å². The van der Waals surface area contributed by atoms with Crippen LogP contribution in [0.4, 0.5) is 0 Å². The summed E-state index contributed by atoms with van der Waals surface area (Å²) in [6.45, 7) is 3.94. The number of hydrogen-bond donors (Lipinski definition) is 1. The highest BCUT2D eigenvalue weighted by molar-refractivity contribution is 9.09. The Morgan fingerprint density at radius 2 is 2.21 bits per heavy atom. The number of alkyl halides is 1. The van der Waals surface area contributed by atoms with E-state index in [1.54, 1.807) is 12.1 Å². The molecule has 1 amide bonds. The molecule has 2 unspecified atom stereocenters.